The van der Waals surface area contributed by atoms with E-state index in [4.69, 9.17) is 14.3 Å². The first-order chi connectivity index (χ1) is 12.9. The van der Waals surface area contributed by atoms with E-state index in [0.29, 0.717) is 10.9 Å². The molecule has 3 aromatic rings. The summed E-state index contributed by atoms with van der Waals surface area (Å²) in [6.45, 7) is 0. The first-order valence-corrected chi connectivity index (χ1v) is 8.07. The van der Waals surface area contributed by atoms with E-state index in [1.54, 1.807) is 24.3 Å². The number of carbonyl (C=O) groups excluding carboxylic acids is 1. The molecule has 1 aromatic heterocycles. The molecule has 0 unspecified atom stereocenters. The van der Waals surface area contributed by atoms with Crippen molar-refractivity contribution < 1.29 is 29.0 Å². The number of fused-ring (bicyclic) bond motifs is 1. The lowest BCUT2D eigenvalue weighted by molar-refractivity contribution is -0.140. The molecule has 27 heavy (non-hydrogen) atoms. The Hall–Kier alpha value is -3.61. The maximum absolute atomic E-state index is 12.5. The summed E-state index contributed by atoms with van der Waals surface area (Å²) in [5.41, 5.74) is -0.0972. The Morgan fingerprint density at radius 2 is 1.78 bits per heavy atom. The fourth-order valence-corrected chi connectivity index (χ4v) is 2.95. The zero-order chi connectivity index (χ0) is 19.6. The summed E-state index contributed by atoms with van der Waals surface area (Å²) < 4.78 is 10.00. The molecule has 138 valence electrons. The van der Waals surface area contributed by atoms with Gasteiger partial charge in [-0.25, -0.2) is 9.59 Å². The highest BCUT2D eigenvalue weighted by Gasteiger charge is 2.27. The van der Waals surface area contributed by atoms with E-state index in [1.165, 1.54) is 31.4 Å². The van der Waals surface area contributed by atoms with Gasteiger partial charge in [-0.3, -0.25) is 4.79 Å². The normalized spacial score (nSPS) is 11.9. The third-order valence-electron chi connectivity index (χ3n) is 4.33. The number of esters is 1. The molecular formula is C20H16O7. The highest BCUT2D eigenvalue weighted by atomic mass is 16.5. The molecule has 2 N–H and O–H groups in total. The Morgan fingerprint density at radius 3 is 2.41 bits per heavy atom. The molecule has 0 fully saturated rings. The number of aromatic carboxylic acids is 1. The van der Waals surface area contributed by atoms with Crippen LogP contribution in [-0.4, -0.2) is 29.3 Å². The van der Waals surface area contributed by atoms with Crippen LogP contribution < -0.4 is 5.63 Å². The van der Waals surface area contributed by atoms with Crippen LogP contribution in [0, 0.1) is 0 Å². The fraction of sp³-hybridized carbons (Fsp3) is 0.150. The number of methoxy groups -OCH3 is 1. The van der Waals surface area contributed by atoms with Gasteiger partial charge in [0.2, 0.25) is 0 Å². The zero-order valence-electron chi connectivity index (χ0n) is 14.3. The number of rotatable bonds is 5. The summed E-state index contributed by atoms with van der Waals surface area (Å²) in [4.78, 5) is 35.5. The van der Waals surface area contributed by atoms with Crippen LogP contribution in [-0.2, 0) is 9.53 Å². The van der Waals surface area contributed by atoms with Gasteiger partial charge in [-0.1, -0.05) is 24.3 Å². The molecule has 0 saturated carbocycles. The number of benzene rings is 2. The third kappa shape index (κ3) is 3.52. The smallest absolute Gasteiger partial charge is 0.343 e. The molecular weight excluding hydrogens is 352 g/mol. The zero-order valence-corrected chi connectivity index (χ0v) is 14.3. The number of carboxylic acids is 1. The van der Waals surface area contributed by atoms with Crippen LogP contribution in [0.3, 0.4) is 0 Å². The number of hydrogen-bond donors (Lipinski definition) is 2. The van der Waals surface area contributed by atoms with E-state index >= 15 is 0 Å². The molecule has 0 bridgehead atoms. The minimum absolute atomic E-state index is 0.0605. The topological polar surface area (TPSA) is 114 Å². The van der Waals surface area contributed by atoms with Crippen molar-refractivity contribution in [1.29, 1.82) is 0 Å². The van der Waals surface area contributed by atoms with Crippen molar-refractivity contribution in [2.45, 2.75) is 12.3 Å². The van der Waals surface area contributed by atoms with Crippen LogP contribution in [0.1, 0.15) is 33.8 Å². The lowest BCUT2D eigenvalue weighted by Gasteiger charge is -2.17. The van der Waals surface area contributed by atoms with E-state index in [9.17, 15) is 19.5 Å². The first kappa shape index (κ1) is 18.2. The van der Waals surface area contributed by atoms with Gasteiger partial charge in [0.05, 0.1) is 30.0 Å². The van der Waals surface area contributed by atoms with E-state index in [2.05, 4.69) is 0 Å². The Labute approximate surface area is 153 Å². The highest BCUT2D eigenvalue weighted by Crippen LogP contribution is 2.36. The number of hydrogen-bond acceptors (Lipinski definition) is 6. The van der Waals surface area contributed by atoms with E-state index < -0.39 is 23.5 Å². The third-order valence-corrected chi connectivity index (χ3v) is 4.33. The molecule has 0 aliphatic rings. The van der Waals surface area contributed by atoms with Crippen LogP contribution in [0.25, 0.3) is 11.0 Å². The van der Waals surface area contributed by atoms with Gasteiger partial charge in [0.1, 0.15) is 11.3 Å². The van der Waals surface area contributed by atoms with Crippen molar-refractivity contribution in [1.82, 2.24) is 0 Å². The molecule has 7 nitrogen and oxygen atoms in total. The van der Waals surface area contributed by atoms with E-state index in [-0.39, 0.29) is 28.9 Å². The van der Waals surface area contributed by atoms with Gasteiger partial charge in [0.25, 0.3) is 0 Å². The van der Waals surface area contributed by atoms with Crippen molar-refractivity contribution in [3.05, 3.63) is 75.6 Å². The average molecular weight is 368 g/mol. The summed E-state index contributed by atoms with van der Waals surface area (Å²) in [5.74, 6) is -2.83. The maximum Gasteiger partial charge on any atom is 0.343 e. The van der Waals surface area contributed by atoms with Crippen LogP contribution in [0.2, 0.25) is 0 Å². The second-order valence-corrected chi connectivity index (χ2v) is 5.91. The van der Waals surface area contributed by atoms with Gasteiger partial charge in [0, 0.05) is 5.92 Å². The van der Waals surface area contributed by atoms with Gasteiger partial charge in [0.15, 0.2) is 0 Å². The molecule has 0 amide bonds. The second kappa shape index (κ2) is 7.33. The number of para-hydroxylation sites is 1. The van der Waals surface area contributed by atoms with Crippen LogP contribution in [0.15, 0.2) is 57.7 Å². The maximum atomic E-state index is 12.5. The van der Waals surface area contributed by atoms with E-state index in [0.717, 1.165) is 0 Å². The standard InChI is InChI=1S/C20H16O7/c1-26-16(21)10-14(11-6-8-12(9-7-11)19(23)24)17-18(22)13-4-2-3-5-15(13)27-20(17)25/h2-9,14,22H,10H2,1H3,(H,23,24)/t14-/m1/s1. The average Bonchev–Trinajstić information content (AvgIpc) is 2.67. The summed E-state index contributed by atoms with van der Waals surface area (Å²) in [6, 6.07) is 12.2. The van der Waals surface area contributed by atoms with Crippen molar-refractivity contribution >= 4 is 22.9 Å². The van der Waals surface area contributed by atoms with Gasteiger partial charge in [-0.2, -0.15) is 0 Å². The Bertz CT molecular complexity index is 1060. The molecule has 0 spiro atoms. The predicted molar refractivity (Wildman–Crippen MR) is 96.0 cm³/mol. The Morgan fingerprint density at radius 1 is 1.11 bits per heavy atom. The van der Waals surface area contributed by atoms with E-state index in [1.807, 2.05) is 0 Å². The number of carboxylic acid groups (broad SMARTS) is 1. The summed E-state index contributed by atoms with van der Waals surface area (Å²) in [7, 11) is 1.22. The van der Waals surface area contributed by atoms with Crippen LogP contribution in [0.5, 0.6) is 5.75 Å². The summed E-state index contributed by atoms with van der Waals surface area (Å²) >= 11 is 0. The van der Waals surface area contributed by atoms with Gasteiger partial charge in [-0.15, -0.1) is 0 Å². The Kier molecular flexibility index (Phi) is 4.94. The van der Waals surface area contributed by atoms with Gasteiger partial charge in [-0.05, 0) is 29.8 Å². The second-order valence-electron chi connectivity index (χ2n) is 5.91. The molecule has 0 aliphatic heterocycles. The van der Waals surface area contributed by atoms with Crippen molar-refractivity contribution in [2.24, 2.45) is 0 Å². The molecule has 0 aliphatic carbocycles. The van der Waals surface area contributed by atoms with Gasteiger partial charge >= 0.3 is 17.6 Å². The number of carbonyl (C=O) groups is 2. The van der Waals surface area contributed by atoms with Crippen LogP contribution in [0.4, 0.5) is 0 Å². The summed E-state index contributed by atoms with van der Waals surface area (Å²) in [6.07, 6.45) is -0.223. The van der Waals surface area contributed by atoms with Crippen molar-refractivity contribution in [3.8, 4) is 5.75 Å². The lowest BCUT2D eigenvalue weighted by atomic mass is 9.88. The molecule has 7 heteroatoms. The summed E-state index contributed by atoms with van der Waals surface area (Å²) in [5, 5.41) is 20.1. The highest BCUT2D eigenvalue weighted by molar-refractivity contribution is 5.88. The first-order valence-electron chi connectivity index (χ1n) is 8.07. The molecule has 1 atom stereocenters. The number of aromatic hydroxyl groups is 1. The fourth-order valence-electron chi connectivity index (χ4n) is 2.95. The molecule has 2 aromatic carbocycles. The number of ether oxygens (including phenoxy) is 1. The predicted octanol–water partition coefficient (Wildman–Crippen LogP) is 2.89. The lowest BCUT2D eigenvalue weighted by Crippen LogP contribution is -2.18. The van der Waals surface area contributed by atoms with Crippen molar-refractivity contribution in [3.63, 3.8) is 0 Å². The van der Waals surface area contributed by atoms with Gasteiger partial charge < -0.3 is 19.4 Å². The minimum atomic E-state index is -1.10. The Balaban J connectivity index is 2.19. The molecule has 0 saturated heterocycles. The largest absolute Gasteiger partial charge is 0.507 e. The van der Waals surface area contributed by atoms with Crippen molar-refractivity contribution in [2.75, 3.05) is 7.11 Å². The van der Waals surface area contributed by atoms with Crippen LogP contribution >= 0.6 is 0 Å². The minimum Gasteiger partial charge on any atom is -0.507 e. The quantitative estimate of drug-likeness (QED) is 0.526. The molecule has 0 radical (unpaired) electrons. The molecule has 3 rings (SSSR count). The molecule has 1 heterocycles. The SMILES string of the molecule is COC(=O)C[C@H](c1ccc(C(=O)O)cc1)c1c(O)c2ccccc2oc1=O. The monoisotopic (exact) mass is 368 g/mol.